The first-order valence-corrected chi connectivity index (χ1v) is 7.09. The monoisotopic (exact) mass is 257 g/mol. The van der Waals surface area contributed by atoms with Crippen LogP contribution in [0.15, 0.2) is 4.52 Å². The first-order chi connectivity index (χ1) is 8.16. The number of nitrogens with two attached hydrogens (primary N) is 1. The summed E-state index contributed by atoms with van der Waals surface area (Å²) < 4.78 is 5.04. The third kappa shape index (κ3) is 3.43. The van der Waals surface area contributed by atoms with Gasteiger partial charge in [-0.1, -0.05) is 18.0 Å². The molecule has 0 amide bonds. The van der Waals surface area contributed by atoms with E-state index < -0.39 is 12.1 Å². The fourth-order valence-corrected chi connectivity index (χ4v) is 3.08. The van der Waals surface area contributed by atoms with Crippen molar-refractivity contribution in [1.29, 1.82) is 0 Å². The van der Waals surface area contributed by atoms with Gasteiger partial charge in [0.15, 0.2) is 5.82 Å². The average Bonchev–Trinajstić information content (AvgIpc) is 2.96. The second-order valence-electron chi connectivity index (χ2n) is 4.53. The Morgan fingerprint density at radius 2 is 2.24 bits per heavy atom. The van der Waals surface area contributed by atoms with Gasteiger partial charge in [0.2, 0.25) is 5.89 Å². The van der Waals surface area contributed by atoms with Gasteiger partial charge in [0.05, 0.1) is 11.9 Å². The summed E-state index contributed by atoms with van der Waals surface area (Å²) in [6, 6.07) is -0.590. The summed E-state index contributed by atoms with van der Waals surface area (Å²) in [6.07, 6.45) is 4.58. The Morgan fingerprint density at radius 3 is 2.88 bits per heavy atom. The Morgan fingerprint density at radius 1 is 1.53 bits per heavy atom. The van der Waals surface area contributed by atoms with Gasteiger partial charge < -0.3 is 15.4 Å². The second-order valence-corrected chi connectivity index (χ2v) is 5.82. The maximum absolute atomic E-state index is 9.33. The fourth-order valence-electron chi connectivity index (χ4n) is 1.92. The van der Waals surface area contributed by atoms with Gasteiger partial charge in [0.25, 0.3) is 0 Å². The summed E-state index contributed by atoms with van der Waals surface area (Å²) in [4.78, 5) is 4.21. The molecule has 17 heavy (non-hydrogen) atoms. The standard InChI is InChI=1S/C11H19N3O2S/c1-7(15)10(12)11-13-9(14-16-11)6-17-8-4-2-3-5-8/h7-8,10,15H,2-6,12H2,1H3/t7-,10+/m1/s1. The van der Waals surface area contributed by atoms with E-state index >= 15 is 0 Å². The molecule has 6 heteroatoms. The molecule has 0 saturated heterocycles. The highest BCUT2D eigenvalue weighted by atomic mass is 32.2. The number of hydrogen-bond acceptors (Lipinski definition) is 6. The predicted octanol–water partition coefficient (Wildman–Crippen LogP) is 1.63. The quantitative estimate of drug-likeness (QED) is 0.834. The van der Waals surface area contributed by atoms with E-state index in [0.717, 1.165) is 11.0 Å². The SMILES string of the molecule is C[C@@H](O)[C@H](N)c1nc(CSC2CCCC2)no1. The van der Waals surface area contributed by atoms with Crippen molar-refractivity contribution < 1.29 is 9.63 Å². The smallest absolute Gasteiger partial charge is 0.246 e. The first kappa shape index (κ1) is 12.9. The van der Waals surface area contributed by atoms with E-state index in [2.05, 4.69) is 10.1 Å². The molecule has 1 aromatic rings. The number of aromatic nitrogens is 2. The molecule has 0 spiro atoms. The minimum Gasteiger partial charge on any atom is -0.391 e. The predicted molar refractivity (Wildman–Crippen MR) is 66.5 cm³/mol. The van der Waals surface area contributed by atoms with E-state index in [-0.39, 0.29) is 0 Å². The zero-order valence-electron chi connectivity index (χ0n) is 10.0. The molecule has 1 aliphatic carbocycles. The zero-order chi connectivity index (χ0) is 12.3. The van der Waals surface area contributed by atoms with Crippen molar-refractivity contribution in [2.45, 2.75) is 55.8 Å². The highest BCUT2D eigenvalue weighted by Crippen LogP contribution is 2.31. The van der Waals surface area contributed by atoms with E-state index in [1.165, 1.54) is 25.7 Å². The highest BCUT2D eigenvalue weighted by molar-refractivity contribution is 7.99. The largest absolute Gasteiger partial charge is 0.391 e. The topological polar surface area (TPSA) is 85.2 Å². The fraction of sp³-hybridized carbons (Fsp3) is 0.818. The van der Waals surface area contributed by atoms with Crippen molar-refractivity contribution in [1.82, 2.24) is 10.1 Å². The number of hydrogen-bond donors (Lipinski definition) is 2. The molecule has 1 saturated carbocycles. The Hall–Kier alpha value is -0.590. The summed E-state index contributed by atoms with van der Waals surface area (Å²) in [7, 11) is 0. The van der Waals surface area contributed by atoms with Gasteiger partial charge in [-0.2, -0.15) is 16.7 Å². The van der Waals surface area contributed by atoms with Crippen LogP contribution in [0.4, 0.5) is 0 Å². The summed E-state index contributed by atoms with van der Waals surface area (Å²) in [6.45, 7) is 1.61. The molecule has 0 aromatic carbocycles. The van der Waals surface area contributed by atoms with Crippen molar-refractivity contribution in [3.8, 4) is 0 Å². The summed E-state index contributed by atoms with van der Waals surface area (Å²) in [5.74, 6) is 1.76. The molecule has 0 aliphatic heterocycles. The van der Waals surface area contributed by atoms with Crippen LogP contribution >= 0.6 is 11.8 Å². The number of nitrogens with zero attached hydrogens (tertiary/aromatic N) is 2. The van der Waals surface area contributed by atoms with Crippen LogP contribution < -0.4 is 5.73 Å². The maximum atomic E-state index is 9.33. The molecule has 1 fully saturated rings. The number of aliphatic hydroxyl groups excluding tert-OH is 1. The van der Waals surface area contributed by atoms with Crippen LogP contribution in [0.1, 0.15) is 50.4 Å². The van der Waals surface area contributed by atoms with Crippen molar-refractivity contribution in [2.24, 2.45) is 5.73 Å². The van der Waals surface area contributed by atoms with Crippen molar-refractivity contribution in [3.63, 3.8) is 0 Å². The molecule has 5 nitrogen and oxygen atoms in total. The number of thioether (sulfide) groups is 1. The van der Waals surface area contributed by atoms with Crippen LogP contribution in [0.3, 0.4) is 0 Å². The first-order valence-electron chi connectivity index (χ1n) is 6.04. The molecule has 0 radical (unpaired) electrons. The molecule has 3 N–H and O–H groups in total. The molecule has 96 valence electrons. The van der Waals surface area contributed by atoms with Crippen LogP contribution in [-0.2, 0) is 5.75 Å². The van der Waals surface area contributed by atoms with Crippen LogP contribution in [0.25, 0.3) is 0 Å². The lowest BCUT2D eigenvalue weighted by Gasteiger charge is -2.08. The molecule has 1 heterocycles. The zero-order valence-corrected chi connectivity index (χ0v) is 10.8. The Bertz CT molecular complexity index is 350. The number of rotatable bonds is 5. The Labute approximate surface area is 105 Å². The minimum absolute atomic E-state index is 0.321. The van der Waals surface area contributed by atoms with Gasteiger partial charge in [-0.25, -0.2) is 0 Å². The average molecular weight is 257 g/mol. The third-order valence-corrected chi connectivity index (χ3v) is 4.41. The van der Waals surface area contributed by atoms with Crippen LogP contribution in [0.2, 0.25) is 0 Å². The second kappa shape index (κ2) is 5.84. The van der Waals surface area contributed by atoms with Gasteiger partial charge in [-0.05, 0) is 19.8 Å². The summed E-state index contributed by atoms with van der Waals surface area (Å²) >= 11 is 1.88. The Balaban J connectivity index is 1.85. The van der Waals surface area contributed by atoms with Crippen molar-refractivity contribution in [2.75, 3.05) is 0 Å². The van der Waals surface area contributed by atoms with Crippen LogP contribution in [0.5, 0.6) is 0 Å². The lowest BCUT2D eigenvalue weighted by molar-refractivity contribution is 0.146. The molecule has 1 aromatic heterocycles. The van der Waals surface area contributed by atoms with E-state index in [0.29, 0.717) is 11.7 Å². The maximum Gasteiger partial charge on any atom is 0.246 e. The lowest BCUT2D eigenvalue weighted by Crippen LogP contribution is -2.23. The highest BCUT2D eigenvalue weighted by Gasteiger charge is 2.20. The number of aliphatic hydroxyl groups is 1. The van der Waals surface area contributed by atoms with E-state index in [1.807, 2.05) is 11.8 Å². The molecular weight excluding hydrogens is 238 g/mol. The van der Waals surface area contributed by atoms with Gasteiger partial charge in [0, 0.05) is 5.25 Å². The van der Waals surface area contributed by atoms with Gasteiger partial charge >= 0.3 is 0 Å². The summed E-state index contributed by atoms with van der Waals surface area (Å²) in [5, 5.41) is 13.9. The molecule has 0 unspecified atom stereocenters. The Kier molecular flexibility index (Phi) is 4.42. The van der Waals surface area contributed by atoms with Gasteiger partial charge in [-0.3, -0.25) is 0 Å². The normalized spacial score (nSPS) is 20.6. The van der Waals surface area contributed by atoms with Crippen LogP contribution in [-0.4, -0.2) is 26.6 Å². The third-order valence-electron chi connectivity index (χ3n) is 3.04. The van der Waals surface area contributed by atoms with Crippen LogP contribution in [0, 0.1) is 0 Å². The van der Waals surface area contributed by atoms with E-state index in [4.69, 9.17) is 10.3 Å². The van der Waals surface area contributed by atoms with Crippen molar-refractivity contribution >= 4 is 11.8 Å². The molecule has 0 bridgehead atoms. The molecule has 2 rings (SSSR count). The van der Waals surface area contributed by atoms with E-state index in [1.54, 1.807) is 6.92 Å². The van der Waals surface area contributed by atoms with E-state index in [9.17, 15) is 5.11 Å². The molecule has 1 aliphatic rings. The summed E-state index contributed by atoms with van der Waals surface area (Å²) in [5.41, 5.74) is 5.72. The minimum atomic E-state index is -0.675. The molecular formula is C11H19N3O2S. The van der Waals surface area contributed by atoms with Gasteiger partial charge in [-0.15, -0.1) is 0 Å². The van der Waals surface area contributed by atoms with Gasteiger partial charge in [0.1, 0.15) is 6.04 Å². The van der Waals surface area contributed by atoms with Crippen molar-refractivity contribution in [3.05, 3.63) is 11.7 Å². The molecule has 2 atom stereocenters. The lowest BCUT2D eigenvalue weighted by atomic mass is 10.2.